The van der Waals surface area contributed by atoms with E-state index in [0.29, 0.717) is 28.7 Å². The van der Waals surface area contributed by atoms with Gasteiger partial charge in [-0.15, -0.1) is 0 Å². The van der Waals surface area contributed by atoms with Crippen molar-refractivity contribution in [3.8, 4) is 0 Å². The van der Waals surface area contributed by atoms with Crippen LogP contribution in [0.4, 0.5) is 26.2 Å². The van der Waals surface area contributed by atoms with Gasteiger partial charge in [-0.25, -0.2) is 13.8 Å². The normalized spacial score (nSPS) is 13.8. The molecule has 10 heteroatoms. The zero-order chi connectivity index (χ0) is 25.1. The molecule has 4 aromatic rings. The molecule has 0 radical (unpaired) electrons. The largest absolute Gasteiger partial charge is 0.363 e. The smallest absolute Gasteiger partial charge is 0.251 e. The van der Waals surface area contributed by atoms with E-state index in [4.69, 9.17) is 0 Å². The summed E-state index contributed by atoms with van der Waals surface area (Å²) in [4.78, 5) is 20.9. The zero-order valence-electron chi connectivity index (χ0n) is 19.6. The first-order chi connectivity index (χ1) is 17.5. The van der Waals surface area contributed by atoms with E-state index >= 15 is 4.39 Å². The molecule has 1 amide bonds. The van der Waals surface area contributed by atoms with Crippen LogP contribution in [0.5, 0.6) is 0 Å². The molecule has 1 aromatic carbocycles. The van der Waals surface area contributed by atoms with Crippen LogP contribution in [0.2, 0.25) is 0 Å². The van der Waals surface area contributed by atoms with Crippen molar-refractivity contribution in [2.75, 3.05) is 10.6 Å². The molecule has 1 fully saturated rings. The Hall–Kier alpha value is -4.34. The average Bonchev–Trinajstić information content (AvgIpc) is 3.64. The second-order valence-corrected chi connectivity index (χ2v) is 8.77. The van der Waals surface area contributed by atoms with Crippen molar-refractivity contribution < 1.29 is 13.6 Å². The van der Waals surface area contributed by atoms with Gasteiger partial charge in [0.05, 0.1) is 0 Å². The summed E-state index contributed by atoms with van der Waals surface area (Å²) in [7, 11) is 0. The molecule has 0 bridgehead atoms. The maximum atomic E-state index is 15.1. The Morgan fingerprint density at radius 3 is 2.56 bits per heavy atom. The first kappa shape index (κ1) is 23.4. The predicted molar refractivity (Wildman–Crippen MR) is 132 cm³/mol. The van der Waals surface area contributed by atoms with E-state index in [9.17, 15) is 9.18 Å². The van der Waals surface area contributed by atoms with Crippen LogP contribution < -0.4 is 16.0 Å². The summed E-state index contributed by atoms with van der Waals surface area (Å²) in [5.41, 5.74) is 2.73. The minimum Gasteiger partial charge on any atom is -0.363 e. The lowest BCUT2D eigenvalue weighted by Gasteiger charge is -2.19. The Balaban J connectivity index is 1.39. The highest BCUT2D eigenvalue weighted by molar-refractivity contribution is 5.94. The number of nitrogens with zero attached hydrogens (tertiary/aromatic N) is 3. The van der Waals surface area contributed by atoms with Crippen LogP contribution in [-0.4, -0.2) is 26.1 Å². The average molecular weight is 490 g/mol. The molecule has 36 heavy (non-hydrogen) atoms. The molecule has 0 aliphatic heterocycles. The quantitative estimate of drug-likeness (QED) is 0.257. The van der Waals surface area contributed by atoms with Gasteiger partial charge in [0.25, 0.3) is 5.91 Å². The van der Waals surface area contributed by atoms with Gasteiger partial charge in [0.15, 0.2) is 17.5 Å². The van der Waals surface area contributed by atoms with Crippen LogP contribution in [0.15, 0.2) is 60.9 Å². The Morgan fingerprint density at radius 2 is 1.83 bits per heavy atom. The highest BCUT2D eigenvalue weighted by atomic mass is 19.1. The summed E-state index contributed by atoms with van der Waals surface area (Å²) < 4.78 is 28.5. The van der Waals surface area contributed by atoms with Gasteiger partial charge in [0.1, 0.15) is 11.6 Å². The van der Waals surface area contributed by atoms with Crippen molar-refractivity contribution in [3.63, 3.8) is 0 Å². The molecule has 184 valence electrons. The van der Waals surface area contributed by atoms with Crippen molar-refractivity contribution in [1.29, 1.82) is 0 Å². The van der Waals surface area contributed by atoms with Crippen molar-refractivity contribution in [2.45, 2.75) is 38.3 Å². The van der Waals surface area contributed by atoms with Gasteiger partial charge in [0.2, 0.25) is 0 Å². The number of pyridine rings is 2. The SMILES string of the molecule is C[C@H](Nc1nc(Nc2cc(C3CC3)[nH]n2)c(F)cc1CNC(=O)c1ccncc1)c1ccc(F)cc1. The number of carbonyl (C=O) groups excluding carboxylic acids is 1. The lowest BCUT2D eigenvalue weighted by Crippen LogP contribution is -2.24. The van der Waals surface area contributed by atoms with Gasteiger partial charge in [-0.3, -0.25) is 14.9 Å². The number of benzene rings is 1. The zero-order valence-corrected chi connectivity index (χ0v) is 19.6. The molecule has 5 rings (SSSR count). The summed E-state index contributed by atoms with van der Waals surface area (Å²) in [6, 6.07) is 12.2. The van der Waals surface area contributed by atoms with E-state index in [2.05, 4.69) is 36.1 Å². The molecular weight excluding hydrogens is 464 g/mol. The molecule has 3 heterocycles. The Bertz CT molecular complexity index is 1350. The standard InChI is InChI=1S/C26H25F2N7O/c1-15(16-4-6-20(27)7-5-16)31-24-19(14-30-26(36)18-8-10-29-11-9-18)12-21(28)25(33-24)32-23-13-22(34-35-23)17-2-3-17/h4-13,15,17H,2-3,14H2,1H3,(H,30,36)(H3,31,32,33,34,35)/t15-/m0/s1. The fraction of sp³-hybridized carbons (Fsp3) is 0.231. The Morgan fingerprint density at radius 1 is 1.08 bits per heavy atom. The molecular formula is C26H25F2N7O. The summed E-state index contributed by atoms with van der Waals surface area (Å²) >= 11 is 0. The highest BCUT2D eigenvalue weighted by Gasteiger charge is 2.26. The molecule has 0 spiro atoms. The first-order valence-electron chi connectivity index (χ1n) is 11.7. The number of amides is 1. The minimum absolute atomic E-state index is 0.00173. The van der Waals surface area contributed by atoms with Crippen molar-refractivity contribution >= 4 is 23.4 Å². The number of carbonyl (C=O) groups is 1. The van der Waals surface area contributed by atoms with E-state index < -0.39 is 5.82 Å². The molecule has 1 saturated carbocycles. The van der Waals surface area contributed by atoms with Crippen molar-refractivity contribution in [1.82, 2.24) is 25.5 Å². The van der Waals surface area contributed by atoms with Gasteiger partial charge in [-0.05, 0) is 55.7 Å². The molecule has 8 nitrogen and oxygen atoms in total. The summed E-state index contributed by atoms with van der Waals surface area (Å²) in [5.74, 6) is 0.0957. The van der Waals surface area contributed by atoms with Crippen LogP contribution in [0, 0.1) is 11.6 Å². The monoisotopic (exact) mass is 489 g/mol. The van der Waals surface area contributed by atoms with Crippen LogP contribution >= 0.6 is 0 Å². The maximum Gasteiger partial charge on any atom is 0.251 e. The van der Waals surface area contributed by atoms with E-state index in [0.717, 1.165) is 24.1 Å². The second kappa shape index (κ2) is 10.1. The number of anilines is 3. The number of aromatic nitrogens is 4. The van der Waals surface area contributed by atoms with Crippen molar-refractivity contribution in [3.05, 3.63) is 94.9 Å². The van der Waals surface area contributed by atoms with Crippen LogP contribution in [0.25, 0.3) is 0 Å². The molecule has 1 aliphatic rings. The third-order valence-electron chi connectivity index (χ3n) is 6.02. The van der Waals surface area contributed by atoms with Gasteiger partial charge in [-0.1, -0.05) is 12.1 Å². The number of nitrogens with one attached hydrogen (secondary N) is 4. The Labute approximate surface area is 206 Å². The fourth-order valence-electron chi connectivity index (χ4n) is 3.82. The van der Waals surface area contributed by atoms with Crippen LogP contribution in [0.3, 0.4) is 0 Å². The van der Waals surface area contributed by atoms with Gasteiger partial charge in [-0.2, -0.15) is 5.10 Å². The maximum absolute atomic E-state index is 15.1. The number of H-pyrrole nitrogens is 1. The highest BCUT2D eigenvalue weighted by Crippen LogP contribution is 2.39. The van der Waals surface area contributed by atoms with E-state index in [1.165, 1.54) is 30.6 Å². The molecule has 3 aromatic heterocycles. The lowest BCUT2D eigenvalue weighted by molar-refractivity contribution is 0.0951. The topological polar surface area (TPSA) is 108 Å². The molecule has 1 aliphatic carbocycles. The number of halogens is 2. The van der Waals surface area contributed by atoms with E-state index in [-0.39, 0.29) is 30.1 Å². The second-order valence-electron chi connectivity index (χ2n) is 8.77. The number of rotatable bonds is 9. The minimum atomic E-state index is -0.584. The summed E-state index contributed by atoms with van der Waals surface area (Å²) in [6.45, 7) is 1.93. The molecule has 0 unspecified atom stereocenters. The number of hydrogen-bond acceptors (Lipinski definition) is 6. The predicted octanol–water partition coefficient (Wildman–Crippen LogP) is 5.20. The molecule has 0 saturated heterocycles. The number of aromatic amines is 1. The fourth-order valence-corrected chi connectivity index (χ4v) is 3.82. The summed E-state index contributed by atoms with van der Waals surface area (Å²) in [5, 5.41) is 16.2. The van der Waals surface area contributed by atoms with E-state index in [1.54, 1.807) is 24.3 Å². The van der Waals surface area contributed by atoms with Crippen LogP contribution in [0.1, 0.15) is 58.9 Å². The van der Waals surface area contributed by atoms with Gasteiger partial charge < -0.3 is 16.0 Å². The van der Waals surface area contributed by atoms with E-state index in [1.807, 2.05) is 13.0 Å². The van der Waals surface area contributed by atoms with Crippen molar-refractivity contribution in [2.24, 2.45) is 0 Å². The van der Waals surface area contributed by atoms with Gasteiger partial charge >= 0.3 is 0 Å². The third kappa shape index (κ3) is 5.48. The molecule has 1 atom stereocenters. The summed E-state index contributed by atoms with van der Waals surface area (Å²) in [6.07, 6.45) is 5.28. The lowest BCUT2D eigenvalue weighted by atomic mass is 10.1. The molecule has 4 N–H and O–H groups in total. The number of hydrogen-bond donors (Lipinski definition) is 4. The third-order valence-corrected chi connectivity index (χ3v) is 6.02. The Kier molecular flexibility index (Phi) is 6.57. The van der Waals surface area contributed by atoms with Gasteiger partial charge in [0, 0.05) is 53.8 Å². The first-order valence-corrected chi connectivity index (χ1v) is 11.7. The van der Waals surface area contributed by atoms with Crippen LogP contribution in [-0.2, 0) is 6.54 Å².